The zero-order valence-electron chi connectivity index (χ0n) is 5.69. The molecule has 4 heteroatoms. The molecule has 0 unspecified atom stereocenters. The summed E-state index contributed by atoms with van der Waals surface area (Å²) in [6.45, 7) is 0.0425. The van der Waals surface area contributed by atoms with Crippen molar-refractivity contribution in [3.63, 3.8) is 0 Å². The second-order valence-electron chi connectivity index (χ2n) is 2.18. The molecule has 0 aliphatic carbocycles. The molecule has 0 saturated carbocycles. The Hall–Kier alpha value is -1.00. The number of fused-ring (bicyclic) bond motifs is 1. The predicted molar refractivity (Wildman–Crippen MR) is 43.3 cm³/mol. The maximum Gasteiger partial charge on any atom is 0.170 e. The summed E-state index contributed by atoms with van der Waals surface area (Å²) in [5.74, 6) is 0. The van der Waals surface area contributed by atoms with Crippen LogP contribution in [0.3, 0.4) is 0 Å². The molecule has 0 spiro atoms. The first-order chi connectivity index (χ1) is 5.40. The number of nitrogens with zero attached hydrogens (tertiary/aromatic N) is 2. The van der Waals surface area contributed by atoms with E-state index in [1.165, 1.54) is 11.3 Å². The first kappa shape index (κ1) is 6.69. The van der Waals surface area contributed by atoms with E-state index in [-0.39, 0.29) is 6.61 Å². The minimum Gasteiger partial charge on any atom is -0.392 e. The maximum atomic E-state index is 8.78. The lowest BCUT2D eigenvalue weighted by Crippen LogP contribution is -1.84. The van der Waals surface area contributed by atoms with Crippen LogP contribution < -0.4 is 0 Å². The molecule has 2 rings (SSSR count). The van der Waals surface area contributed by atoms with Crippen LogP contribution >= 0.6 is 11.3 Å². The molecule has 0 radical (unpaired) electrons. The van der Waals surface area contributed by atoms with Gasteiger partial charge in [-0.2, -0.15) is 0 Å². The lowest BCUT2D eigenvalue weighted by molar-refractivity contribution is 0.281. The number of hydrogen-bond donors (Lipinski definition) is 1. The smallest absolute Gasteiger partial charge is 0.170 e. The monoisotopic (exact) mass is 166 g/mol. The Kier molecular flexibility index (Phi) is 1.56. The van der Waals surface area contributed by atoms with Gasteiger partial charge in [-0.1, -0.05) is 0 Å². The van der Waals surface area contributed by atoms with E-state index in [9.17, 15) is 0 Å². The zero-order valence-corrected chi connectivity index (χ0v) is 6.51. The summed E-state index contributed by atoms with van der Waals surface area (Å²) >= 11 is 1.53. The molecule has 0 saturated heterocycles. The van der Waals surface area contributed by atoms with Gasteiger partial charge in [-0.15, -0.1) is 11.3 Å². The Morgan fingerprint density at radius 1 is 1.45 bits per heavy atom. The fourth-order valence-corrected chi connectivity index (χ4v) is 1.58. The van der Waals surface area contributed by atoms with Gasteiger partial charge in [0.15, 0.2) is 5.65 Å². The Bertz CT molecular complexity index is 371. The largest absolute Gasteiger partial charge is 0.392 e. The standard InChI is InChI=1S/C7H6N2OS/c10-3-5-1-6-7(8-2-5)9-4-11-6/h1-2,4,10H,3H2. The van der Waals surface area contributed by atoms with Crippen molar-refractivity contribution in [3.8, 4) is 0 Å². The van der Waals surface area contributed by atoms with Crippen molar-refractivity contribution in [2.75, 3.05) is 0 Å². The Balaban J connectivity index is 2.67. The van der Waals surface area contributed by atoms with Gasteiger partial charge in [0.25, 0.3) is 0 Å². The molecule has 0 aliphatic heterocycles. The minimum atomic E-state index is 0.0425. The number of pyridine rings is 1. The van der Waals surface area contributed by atoms with Crippen LogP contribution in [0.15, 0.2) is 17.8 Å². The number of aliphatic hydroxyl groups excluding tert-OH is 1. The summed E-state index contributed by atoms with van der Waals surface area (Å²) < 4.78 is 1.02. The van der Waals surface area contributed by atoms with Crippen LogP contribution in [0.1, 0.15) is 5.56 Å². The third-order valence-corrected chi connectivity index (χ3v) is 2.19. The van der Waals surface area contributed by atoms with E-state index in [0.29, 0.717) is 0 Å². The van der Waals surface area contributed by atoms with E-state index in [2.05, 4.69) is 9.97 Å². The molecule has 56 valence electrons. The molecule has 2 aromatic rings. The minimum absolute atomic E-state index is 0.0425. The lowest BCUT2D eigenvalue weighted by Gasteiger charge is -1.92. The Labute approximate surface area is 67.4 Å². The second-order valence-corrected chi connectivity index (χ2v) is 3.06. The number of rotatable bonds is 1. The van der Waals surface area contributed by atoms with Crippen LogP contribution in [0, 0.1) is 0 Å². The third kappa shape index (κ3) is 1.10. The third-order valence-electron chi connectivity index (χ3n) is 1.43. The quantitative estimate of drug-likeness (QED) is 0.692. The maximum absolute atomic E-state index is 8.78. The van der Waals surface area contributed by atoms with Gasteiger partial charge in [0, 0.05) is 6.20 Å². The van der Waals surface area contributed by atoms with Gasteiger partial charge in [-0.05, 0) is 11.6 Å². The zero-order chi connectivity index (χ0) is 7.68. The molecule has 2 heterocycles. The van der Waals surface area contributed by atoms with Crippen LogP contribution in [0.4, 0.5) is 0 Å². The highest BCUT2D eigenvalue weighted by Crippen LogP contribution is 2.16. The molecular weight excluding hydrogens is 160 g/mol. The highest BCUT2D eigenvalue weighted by atomic mass is 32.1. The van der Waals surface area contributed by atoms with E-state index in [1.807, 2.05) is 6.07 Å². The van der Waals surface area contributed by atoms with Gasteiger partial charge in [0.05, 0.1) is 16.8 Å². The molecule has 0 aromatic carbocycles. The van der Waals surface area contributed by atoms with Crippen molar-refractivity contribution < 1.29 is 5.11 Å². The van der Waals surface area contributed by atoms with Gasteiger partial charge in [0.1, 0.15) is 0 Å². The second kappa shape index (κ2) is 2.56. The van der Waals surface area contributed by atoms with E-state index in [1.54, 1.807) is 11.7 Å². The summed E-state index contributed by atoms with van der Waals surface area (Å²) in [4.78, 5) is 8.07. The van der Waals surface area contributed by atoms with Crippen molar-refractivity contribution in [1.82, 2.24) is 9.97 Å². The molecule has 2 aromatic heterocycles. The molecular formula is C7H6N2OS. The summed E-state index contributed by atoms with van der Waals surface area (Å²) in [5.41, 5.74) is 3.34. The normalized spacial score (nSPS) is 10.6. The van der Waals surface area contributed by atoms with Gasteiger partial charge < -0.3 is 5.11 Å². The van der Waals surface area contributed by atoms with Crippen molar-refractivity contribution in [2.45, 2.75) is 6.61 Å². The number of thiazole rings is 1. The average molecular weight is 166 g/mol. The molecule has 0 bridgehead atoms. The van der Waals surface area contributed by atoms with Crippen LogP contribution in [-0.4, -0.2) is 15.1 Å². The van der Waals surface area contributed by atoms with Crippen LogP contribution in [-0.2, 0) is 6.61 Å². The van der Waals surface area contributed by atoms with Gasteiger partial charge in [0.2, 0.25) is 0 Å². The first-order valence-electron chi connectivity index (χ1n) is 3.19. The van der Waals surface area contributed by atoms with Crippen molar-refractivity contribution in [2.24, 2.45) is 0 Å². The number of aromatic nitrogens is 2. The van der Waals surface area contributed by atoms with Crippen LogP contribution in [0.2, 0.25) is 0 Å². The summed E-state index contributed by atoms with van der Waals surface area (Å²) in [6.07, 6.45) is 1.64. The van der Waals surface area contributed by atoms with Gasteiger partial charge in [-0.3, -0.25) is 0 Å². The molecule has 1 N–H and O–H groups in total. The molecule has 0 atom stereocenters. The lowest BCUT2D eigenvalue weighted by atomic mass is 10.3. The molecule has 3 nitrogen and oxygen atoms in total. The predicted octanol–water partition coefficient (Wildman–Crippen LogP) is 1.18. The fraction of sp³-hybridized carbons (Fsp3) is 0.143. The van der Waals surface area contributed by atoms with Gasteiger partial charge in [-0.25, -0.2) is 9.97 Å². The Morgan fingerprint density at radius 3 is 3.18 bits per heavy atom. The van der Waals surface area contributed by atoms with Crippen molar-refractivity contribution in [3.05, 3.63) is 23.3 Å². The van der Waals surface area contributed by atoms with Crippen molar-refractivity contribution in [1.29, 1.82) is 0 Å². The average Bonchev–Trinajstić information content (AvgIpc) is 2.50. The van der Waals surface area contributed by atoms with Crippen LogP contribution in [0.5, 0.6) is 0 Å². The van der Waals surface area contributed by atoms with Crippen LogP contribution in [0.25, 0.3) is 10.3 Å². The molecule has 11 heavy (non-hydrogen) atoms. The number of hydrogen-bond acceptors (Lipinski definition) is 4. The number of aliphatic hydroxyl groups is 1. The molecule has 0 fully saturated rings. The first-order valence-corrected chi connectivity index (χ1v) is 4.07. The van der Waals surface area contributed by atoms with E-state index in [4.69, 9.17) is 5.11 Å². The topological polar surface area (TPSA) is 46.0 Å². The highest BCUT2D eigenvalue weighted by molar-refractivity contribution is 7.16. The van der Waals surface area contributed by atoms with Crippen molar-refractivity contribution >= 4 is 21.7 Å². The summed E-state index contributed by atoms with van der Waals surface area (Å²) in [6, 6.07) is 1.90. The van der Waals surface area contributed by atoms with Gasteiger partial charge >= 0.3 is 0 Å². The Morgan fingerprint density at radius 2 is 2.36 bits per heavy atom. The van der Waals surface area contributed by atoms with E-state index in [0.717, 1.165) is 15.9 Å². The molecule has 0 aliphatic rings. The molecule has 0 amide bonds. The summed E-state index contributed by atoms with van der Waals surface area (Å²) in [7, 11) is 0. The SMILES string of the molecule is OCc1cnc2ncsc2c1. The van der Waals surface area contributed by atoms with E-state index < -0.39 is 0 Å². The summed E-state index contributed by atoms with van der Waals surface area (Å²) in [5, 5.41) is 8.78. The highest BCUT2D eigenvalue weighted by Gasteiger charge is 1.97. The van der Waals surface area contributed by atoms with E-state index >= 15 is 0 Å². The fourth-order valence-electron chi connectivity index (χ4n) is 0.881.